The summed E-state index contributed by atoms with van der Waals surface area (Å²) in [6.07, 6.45) is 0. The van der Waals surface area contributed by atoms with Crippen LogP contribution < -0.4 is 39.9 Å². The molecule has 0 aromatic heterocycles. The fourth-order valence-electron chi connectivity index (χ4n) is 8.83. The second-order valence-electron chi connectivity index (χ2n) is 19.6. The molecule has 0 heterocycles. The van der Waals surface area contributed by atoms with E-state index in [4.69, 9.17) is 39.9 Å². The summed E-state index contributed by atoms with van der Waals surface area (Å²) in [6.45, 7) is 0. The van der Waals surface area contributed by atoms with E-state index in [-0.39, 0.29) is 73.7 Å². The molecule has 0 aliphatic rings. The number of nitrogen functional groups attached to an aromatic ring is 2. The van der Waals surface area contributed by atoms with Crippen LogP contribution in [0.3, 0.4) is 0 Å². The largest absolute Gasteiger partial charge is 0.744 e. The van der Waals surface area contributed by atoms with Crippen LogP contribution in [0.25, 0.3) is 0 Å². The van der Waals surface area contributed by atoms with Crippen LogP contribution in [0.1, 0.15) is 0 Å². The van der Waals surface area contributed by atoms with E-state index in [1.807, 2.05) is 0 Å². The van der Waals surface area contributed by atoms with Crippen LogP contribution in [0.5, 0.6) is 69.0 Å². The maximum Gasteiger partial charge on any atom is 0.206 e. The van der Waals surface area contributed by atoms with Crippen molar-refractivity contribution in [3.05, 3.63) is 261 Å². The zero-order valence-corrected chi connectivity index (χ0v) is 50.5. The molecule has 0 saturated heterocycles. The van der Waals surface area contributed by atoms with Gasteiger partial charge in [-0.1, -0.05) is 12.1 Å². The van der Waals surface area contributed by atoms with E-state index in [1.54, 1.807) is 60.7 Å². The number of rotatable bonds is 21. The Morgan fingerprint density at radius 1 is 0.233 bits per heavy atom. The van der Waals surface area contributed by atoms with Crippen LogP contribution in [-0.2, 0) is 49.5 Å². The summed E-state index contributed by atoms with van der Waals surface area (Å²) >= 11 is 0. The third kappa shape index (κ3) is 13.9. The topological polar surface area (TPSA) is 301 Å². The number of hydrogen-bond acceptors (Lipinski definition) is 19. The number of anilines is 2. The Morgan fingerprint density at radius 2 is 0.433 bits per heavy atom. The van der Waals surface area contributed by atoms with Crippen LogP contribution in [-0.4, -0.2) is 46.6 Å². The van der Waals surface area contributed by atoms with Gasteiger partial charge >= 0.3 is 0 Å². The van der Waals surface area contributed by atoms with Gasteiger partial charge in [0.25, 0.3) is 0 Å². The summed E-state index contributed by atoms with van der Waals surface area (Å²) in [5.41, 5.74) is 12.6. The van der Waals surface area contributed by atoms with Crippen LogP contribution in [0, 0.1) is 0 Å². The first kappa shape index (κ1) is 61.2. The summed E-state index contributed by atoms with van der Waals surface area (Å²) in [6, 6.07) is 61.6. The lowest BCUT2D eigenvalue weighted by Crippen LogP contribution is -2.03. The van der Waals surface area contributed by atoms with Crippen LogP contribution in [0.2, 0.25) is 0 Å². The highest BCUT2D eigenvalue weighted by Crippen LogP contribution is 2.37. The molecule has 0 aliphatic heterocycles. The molecule has 4 N–H and O–H groups in total. The lowest BCUT2D eigenvalue weighted by molar-refractivity contribution is 0.434. The van der Waals surface area contributed by atoms with Crippen LogP contribution in [0.15, 0.2) is 305 Å². The van der Waals surface area contributed by atoms with Gasteiger partial charge in [-0.15, -0.1) is 0 Å². The minimum absolute atomic E-state index is 0.0117. The molecule has 0 saturated carbocycles. The Morgan fingerprint density at radius 3 is 0.656 bits per heavy atom. The molecule has 0 aliphatic carbocycles. The predicted octanol–water partition coefficient (Wildman–Crippen LogP) is 13.8. The SMILES string of the molecule is Nc1cccc(Oc2ccc(S(=O)(=O)c3ccc(Oc4ccc(S(=O)(=O)c5ccc(Oc6ccc(S(=O)(=O)c7ccc(Oc8ccc(Oc9ccc(S(=O)(=O)c%10ccc(Oc%11cccc(N)c%11)cc%10)cc9)c(S(=O)(=O)[O-])c8)cc7)cc6)cc5)cc4)cc3)cc2)c1. The normalized spacial score (nSPS) is 11.9. The Labute approximate surface area is 517 Å². The molecule has 0 atom stereocenters. The maximum atomic E-state index is 13.7. The highest BCUT2D eigenvalue weighted by Gasteiger charge is 2.23. The fraction of sp³-hybridized carbons (Fsp3) is 0. The molecule has 90 heavy (non-hydrogen) atoms. The van der Waals surface area contributed by atoms with E-state index in [0.717, 1.165) is 6.07 Å². The van der Waals surface area contributed by atoms with Gasteiger partial charge in [-0.2, -0.15) is 0 Å². The molecular formula is C66H47N2O17S5-. The van der Waals surface area contributed by atoms with E-state index < -0.39 is 54.4 Å². The van der Waals surface area contributed by atoms with Crippen molar-refractivity contribution >= 4 is 60.8 Å². The quantitative estimate of drug-likeness (QED) is 0.0499. The standard InChI is InChI=1S/C66H48N2O17S5/c67-44-3-1-5-54(41-44)82-50-15-32-61(33-16-50)87(71,72)59-28-11-48(12-29-59)80-46-7-24-57(25-8-46)86(69,70)58-26-9-47(10-27-58)81-49-13-30-60(31-14-49)88(73,74)63-36-19-52(20-37-63)84-56-23-40-65(66(43-56)90(77,78)79)85-53-21-38-64(39-22-53)89(75,76)62-34-17-51(18-35-62)83-55-6-2-4-45(68)42-55/h1-43H,67-68H2,(H,77,78,79)/p-1. The Hall–Kier alpha value is -10.5. The third-order valence-electron chi connectivity index (χ3n) is 13.4. The number of benzene rings is 11. The average molecular weight is 1300 g/mol. The zero-order valence-electron chi connectivity index (χ0n) is 46.5. The smallest absolute Gasteiger partial charge is 0.206 e. The minimum atomic E-state index is -5.17. The highest BCUT2D eigenvalue weighted by molar-refractivity contribution is 7.92. The zero-order chi connectivity index (χ0) is 63.4. The summed E-state index contributed by atoms with van der Waals surface area (Å²) in [7, 11) is -21.2. The van der Waals surface area contributed by atoms with Crippen molar-refractivity contribution in [2.24, 2.45) is 0 Å². The van der Waals surface area contributed by atoms with Crippen molar-refractivity contribution in [3.8, 4) is 69.0 Å². The molecule has 11 aromatic rings. The molecule has 11 aromatic carbocycles. The van der Waals surface area contributed by atoms with Crippen molar-refractivity contribution in [1.82, 2.24) is 0 Å². The molecule has 19 nitrogen and oxygen atoms in total. The lowest BCUT2D eigenvalue weighted by atomic mass is 10.3. The van der Waals surface area contributed by atoms with E-state index in [1.165, 1.54) is 194 Å². The Balaban J connectivity index is 0.668. The first-order valence-corrected chi connectivity index (χ1v) is 34.0. The monoisotopic (exact) mass is 1300 g/mol. The molecular weight excluding hydrogens is 1250 g/mol. The summed E-state index contributed by atoms with van der Waals surface area (Å²) in [5, 5.41) is 0. The number of nitrogens with two attached hydrogens (primary N) is 2. The molecule has 11 rings (SSSR count). The average Bonchev–Trinajstić information content (AvgIpc) is 1.37. The summed E-state index contributed by atoms with van der Waals surface area (Å²) in [4.78, 5) is -1.09. The number of ether oxygens (including phenoxy) is 6. The van der Waals surface area contributed by atoms with Gasteiger partial charge in [0, 0.05) is 29.6 Å². The first-order chi connectivity index (χ1) is 42.9. The Kier molecular flexibility index (Phi) is 17.0. The first-order valence-electron chi connectivity index (χ1n) is 26.6. The summed E-state index contributed by atoms with van der Waals surface area (Å²) in [5.74, 6) is 2.50. The second kappa shape index (κ2) is 25.0. The van der Waals surface area contributed by atoms with E-state index in [0.29, 0.717) is 45.9 Å². The van der Waals surface area contributed by atoms with Gasteiger partial charge in [-0.05, 0) is 231 Å². The van der Waals surface area contributed by atoms with Gasteiger partial charge in [0.05, 0.1) is 39.2 Å². The molecule has 24 heteroatoms. The van der Waals surface area contributed by atoms with Gasteiger partial charge in [-0.25, -0.2) is 42.1 Å². The summed E-state index contributed by atoms with van der Waals surface area (Å²) < 4.78 is 180. The Bertz CT molecular complexity index is 5040. The minimum Gasteiger partial charge on any atom is -0.744 e. The number of sulfone groups is 4. The highest BCUT2D eigenvalue weighted by atomic mass is 32.2. The molecule has 0 fully saturated rings. The predicted molar refractivity (Wildman–Crippen MR) is 330 cm³/mol. The van der Waals surface area contributed by atoms with Crippen molar-refractivity contribution in [2.45, 2.75) is 44.1 Å². The molecule has 0 bridgehead atoms. The maximum absolute atomic E-state index is 13.7. The van der Waals surface area contributed by atoms with Gasteiger partial charge in [-0.3, -0.25) is 0 Å². The molecule has 454 valence electrons. The second-order valence-corrected chi connectivity index (χ2v) is 28.8. The van der Waals surface area contributed by atoms with Crippen LogP contribution in [0.4, 0.5) is 11.4 Å². The van der Waals surface area contributed by atoms with Gasteiger partial charge in [0.1, 0.15) is 84.0 Å². The van der Waals surface area contributed by atoms with Crippen LogP contribution >= 0.6 is 0 Å². The fourth-order valence-corrected chi connectivity index (χ4v) is 14.5. The van der Waals surface area contributed by atoms with E-state index in [2.05, 4.69) is 0 Å². The van der Waals surface area contributed by atoms with Gasteiger partial charge in [0.2, 0.25) is 39.3 Å². The molecule has 0 amide bonds. The van der Waals surface area contributed by atoms with Crippen molar-refractivity contribution in [1.29, 1.82) is 0 Å². The molecule has 0 radical (unpaired) electrons. The number of hydrogen-bond donors (Lipinski definition) is 2. The van der Waals surface area contributed by atoms with Crippen molar-refractivity contribution in [3.63, 3.8) is 0 Å². The van der Waals surface area contributed by atoms with Crippen molar-refractivity contribution < 1.29 is 75.1 Å². The van der Waals surface area contributed by atoms with Gasteiger partial charge < -0.3 is 44.4 Å². The van der Waals surface area contributed by atoms with Crippen molar-refractivity contribution in [2.75, 3.05) is 11.5 Å². The van der Waals surface area contributed by atoms with E-state index >= 15 is 0 Å². The lowest BCUT2D eigenvalue weighted by Gasteiger charge is -2.16. The third-order valence-corrected chi connectivity index (χ3v) is 21.4. The molecule has 0 spiro atoms. The molecule has 0 unspecified atom stereocenters. The van der Waals surface area contributed by atoms with Gasteiger partial charge in [0.15, 0.2) is 0 Å². The van der Waals surface area contributed by atoms with E-state index in [9.17, 15) is 46.6 Å².